The largest absolute Gasteiger partial charge is 0.325 e. The molecular formula is C8H8INO4S. The SMILES string of the molecule is CC(=O)Nc1ccc(I)cc1S(=O)(=O)O. The monoisotopic (exact) mass is 341 g/mol. The van der Waals surface area contributed by atoms with Crippen LogP contribution in [-0.2, 0) is 14.9 Å². The molecule has 0 atom stereocenters. The number of carbonyl (C=O) groups excluding carboxylic acids is 1. The van der Waals surface area contributed by atoms with Crippen molar-refractivity contribution in [1.29, 1.82) is 0 Å². The van der Waals surface area contributed by atoms with Crippen molar-refractivity contribution >= 4 is 44.3 Å². The van der Waals surface area contributed by atoms with Crippen LogP contribution < -0.4 is 5.32 Å². The van der Waals surface area contributed by atoms with Crippen molar-refractivity contribution < 1.29 is 17.8 Å². The molecule has 0 aromatic heterocycles. The molecule has 2 N–H and O–H groups in total. The van der Waals surface area contributed by atoms with Gasteiger partial charge < -0.3 is 5.32 Å². The molecule has 0 unspecified atom stereocenters. The van der Waals surface area contributed by atoms with E-state index < -0.39 is 16.0 Å². The summed E-state index contributed by atoms with van der Waals surface area (Å²) < 4.78 is 31.5. The lowest BCUT2D eigenvalue weighted by atomic mass is 10.3. The van der Waals surface area contributed by atoms with Crippen molar-refractivity contribution in [3.8, 4) is 0 Å². The van der Waals surface area contributed by atoms with E-state index in [1.165, 1.54) is 19.1 Å². The third-order valence-electron chi connectivity index (χ3n) is 1.53. The minimum absolute atomic E-state index is 0.0745. The zero-order valence-electron chi connectivity index (χ0n) is 7.69. The molecule has 1 aromatic carbocycles. The summed E-state index contributed by atoms with van der Waals surface area (Å²) in [6.07, 6.45) is 0. The number of rotatable bonds is 2. The second-order valence-corrected chi connectivity index (χ2v) is 5.43. The summed E-state index contributed by atoms with van der Waals surface area (Å²) in [6, 6.07) is 4.33. The first-order valence-corrected chi connectivity index (χ1v) is 6.37. The number of benzene rings is 1. The maximum Gasteiger partial charge on any atom is 0.296 e. The molecule has 0 heterocycles. The number of carbonyl (C=O) groups is 1. The molecule has 0 bridgehead atoms. The standard InChI is InChI=1S/C8H8INO4S/c1-5(11)10-7-3-2-6(9)4-8(7)15(12,13)14/h2-4H,1H3,(H,10,11)(H,12,13,14). The fourth-order valence-electron chi connectivity index (χ4n) is 1.00. The molecule has 0 aliphatic carbocycles. The fourth-order valence-corrected chi connectivity index (χ4v) is 2.38. The maximum atomic E-state index is 11.0. The molecule has 0 saturated carbocycles. The van der Waals surface area contributed by atoms with Crippen LogP contribution in [0.15, 0.2) is 23.1 Å². The van der Waals surface area contributed by atoms with Gasteiger partial charge in [-0.05, 0) is 40.8 Å². The Labute approximate surface area is 101 Å². The Bertz CT molecular complexity index is 497. The summed E-state index contributed by atoms with van der Waals surface area (Å²) in [5, 5.41) is 2.33. The second-order valence-electron chi connectivity index (χ2n) is 2.80. The van der Waals surface area contributed by atoms with Gasteiger partial charge in [0, 0.05) is 10.5 Å². The van der Waals surface area contributed by atoms with E-state index in [2.05, 4.69) is 5.32 Å². The van der Waals surface area contributed by atoms with Gasteiger partial charge in [-0.3, -0.25) is 9.35 Å². The predicted molar refractivity (Wildman–Crippen MR) is 63.3 cm³/mol. The Morgan fingerprint density at radius 3 is 2.53 bits per heavy atom. The van der Waals surface area contributed by atoms with Crippen LogP contribution in [-0.4, -0.2) is 18.9 Å². The third-order valence-corrected chi connectivity index (χ3v) is 3.10. The number of halogens is 1. The molecule has 0 aliphatic rings. The maximum absolute atomic E-state index is 11.0. The van der Waals surface area contributed by atoms with E-state index in [9.17, 15) is 13.2 Å². The van der Waals surface area contributed by atoms with Crippen LogP contribution in [0.1, 0.15) is 6.92 Å². The number of hydrogen-bond acceptors (Lipinski definition) is 3. The van der Waals surface area contributed by atoms with Gasteiger partial charge in [-0.1, -0.05) is 0 Å². The van der Waals surface area contributed by atoms with E-state index in [0.717, 1.165) is 0 Å². The van der Waals surface area contributed by atoms with E-state index in [-0.39, 0.29) is 10.6 Å². The topological polar surface area (TPSA) is 83.5 Å². The van der Waals surface area contributed by atoms with Gasteiger partial charge in [-0.2, -0.15) is 8.42 Å². The van der Waals surface area contributed by atoms with Crippen LogP contribution in [0.4, 0.5) is 5.69 Å². The van der Waals surface area contributed by atoms with E-state index in [4.69, 9.17) is 4.55 Å². The van der Waals surface area contributed by atoms with Crippen LogP contribution >= 0.6 is 22.6 Å². The molecule has 0 aliphatic heterocycles. The van der Waals surface area contributed by atoms with Crippen LogP contribution in [0.5, 0.6) is 0 Å². The zero-order valence-corrected chi connectivity index (χ0v) is 10.7. The van der Waals surface area contributed by atoms with Gasteiger partial charge in [0.25, 0.3) is 10.1 Å². The van der Waals surface area contributed by atoms with Crippen LogP contribution in [0.25, 0.3) is 0 Å². The minimum Gasteiger partial charge on any atom is -0.325 e. The lowest BCUT2D eigenvalue weighted by Gasteiger charge is -2.07. The first-order valence-electron chi connectivity index (χ1n) is 3.85. The van der Waals surface area contributed by atoms with Gasteiger partial charge in [0.2, 0.25) is 5.91 Å². The van der Waals surface area contributed by atoms with Gasteiger partial charge in [0.1, 0.15) is 4.90 Å². The number of amides is 1. The van der Waals surface area contributed by atoms with Crippen molar-refractivity contribution in [3.05, 3.63) is 21.8 Å². The Morgan fingerprint density at radius 2 is 2.07 bits per heavy atom. The number of anilines is 1. The average Bonchev–Trinajstić information content (AvgIpc) is 2.05. The average molecular weight is 341 g/mol. The summed E-state index contributed by atoms with van der Waals surface area (Å²) in [6.45, 7) is 1.26. The van der Waals surface area contributed by atoms with E-state index in [0.29, 0.717) is 3.57 Å². The van der Waals surface area contributed by atoms with Crippen LogP contribution in [0.3, 0.4) is 0 Å². The molecular weight excluding hydrogens is 333 g/mol. The zero-order chi connectivity index (χ0) is 11.6. The predicted octanol–water partition coefficient (Wildman–Crippen LogP) is 1.50. The molecule has 5 nitrogen and oxygen atoms in total. The lowest BCUT2D eigenvalue weighted by molar-refractivity contribution is -0.114. The molecule has 0 saturated heterocycles. The molecule has 1 rings (SSSR count). The summed E-state index contributed by atoms with van der Waals surface area (Å²) >= 11 is 1.91. The Morgan fingerprint density at radius 1 is 1.47 bits per heavy atom. The highest BCUT2D eigenvalue weighted by molar-refractivity contribution is 14.1. The molecule has 0 spiro atoms. The molecule has 82 valence electrons. The summed E-state index contributed by atoms with van der Waals surface area (Å²) in [4.78, 5) is 10.5. The summed E-state index contributed by atoms with van der Waals surface area (Å²) in [5.74, 6) is -0.402. The highest BCUT2D eigenvalue weighted by atomic mass is 127. The molecule has 15 heavy (non-hydrogen) atoms. The van der Waals surface area contributed by atoms with Crippen molar-refractivity contribution in [2.24, 2.45) is 0 Å². The number of nitrogens with one attached hydrogen (secondary N) is 1. The van der Waals surface area contributed by atoms with E-state index in [1.54, 1.807) is 6.07 Å². The number of hydrogen-bond donors (Lipinski definition) is 2. The Balaban J connectivity index is 3.33. The Hall–Kier alpha value is -0.670. The molecule has 1 amide bonds. The second kappa shape index (κ2) is 4.45. The molecule has 0 radical (unpaired) electrons. The molecule has 1 aromatic rings. The van der Waals surface area contributed by atoms with Gasteiger partial charge in [0.15, 0.2) is 0 Å². The third kappa shape index (κ3) is 3.43. The fraction of sp³-hybridized carbons (Fsp3) is 0.125. The van der Waals surface area contributed by atoms with Crippen molar-refractivity contribution in [2.45, 2.75) is 11.8 Å². The van der Waals surface area contributed by atoms with Crippen molar-refractivity contribution in [2.75, 3.05) is 5.32 Å². The van der Waals surface area contributed by atoms with Crippen LogP contribution in [0, 0.1) is 3.57 Å². The first-order chi connectivity index (χ1) is 6.80. The first kappa shape index (κ1) is 12.4. The minimum atomic E-state index is -4.32. The van der Waals surface area contributed by atoms with E-state index in [1.807, 2.05) is 22.6 Å². The van der Waals surface area contributed by atoms with Gasteiger partial charge in [0.05, 0.1) is 5.69 Å². The quantitative estimate of drug-likeness (QED) is 0.631. The Kier molecular flexibility index (Phi) is 3.68. The lowest BCUT2D eigenvalue weighted by Crippen LogP contribution is -2.10. The van der Waals surface area contributed by atoms with Crippen molar-refractivity contribution in [1.82, 2.24) is 0 Å². The summed E-state index contributed by atoms with van der Waals surface area (Å²) in [5.41, 5.74) is 0.0745. The normalized spacial score (nSPS) is 11.1. The smallest absolute Gasteiger partial charge is 0.296 e. The van der Waals surface area contributed by atoms with E-state index >= 15 is 0 Å². The molecule has 0 fully saturated rings. The van der Waals surface area contributed by atoms with Gasteiger partial charge in [-0.25, -0.2) is 0 Å². The highest BCUT2D eigenvalue weighted by Crippen LogP contribution is 2.23. The van der Waals surface area contributed by atoms with Gasteiger partial charge >= 0.3 is 0 Å². The van der Waals surface area contributed by atoms with Gasteiger partial charge in [-0.15, -0.1) is 0 Å². The van der Waals surface area contributed by atoms with Crippen LogP contribution in [0.2, 0.25) is 0 Å². The summed E-state index contributed by atoms with van der Waals surface area (Å²) in [7, 11) is -4.32. The van der Waals surface area contributed by atoms with Crippen molar-refractivity contribution in [3.63, 3.8) is 0 Å². The molecule has 7 heteroatoms. The highest BCUT2D eigenvalue weighted by Gasteiger charge is 2.16.